The van der Waals surface area contributed by atoms with Crippen LogP contribution in [0.5, 0.6) is 17.2 Å². The van der Waals surface area contributed by atoms with Gasteiger partial charge in [-0.1, -0.05) is 124 Å². The van der Waals surface area contributed by atoms with Crippen LogP contribution in [0.25, 0.3) is 10.4 Å². The van der Waals surface area contributed by atoms with Gasteiger partial charge in [-0.05, 0) is 82.7 Å². The summed E-state index contributed by atoms with van der Waals surface area (Å²) in [5.74, 6) is 1.67. The molecule has 0 radical (unpaired) electrons. The molecule has 61 heavy (non-hydrogen) atoms. The molecule has 12 nitrogen and oxygen atoms in total. The molecule has 0 saturated carbocycles. The largest absolute Gasteiger partial charge is 0.494 e. The fourth-order valence-electron chi connectivity index (χ4n) is 6.89. The quantitative estimate of drug-likeness (QED) is 0.0226. The van der Waals surface area contributed by atoms with E-state index in [1.54, 1.807) is 30.3 Å². The normalized spacial score (nSPS) is 15.5. The molecule has 0 aliphatic carbocycles. The third-order valence-corrected chi connectivity index (χ3v) is 10.5. The highest BCUT2D eigenvalue weighted by molar-refractivity contribution is 9.10. The Kier molecular flexibility index (Phi) is 14.7. The fourth-order valence-corrected chi connectivity index (χ4v) is 7.15. The van der Waals surface area contributed by atoms with E-state index in [2.05, 4.69) is 36.8 Å². The van der Waals surface area contributed by atoms with Crippen molar-refractivity contribution < 1.29 is 28.8 Å². The third kappa shape index (κ3) is 11.2. The van der Waals surface area contributed by atoms with Crippen molar-refractivity contribution in [3.05, 3.63) is 200 Å². The van der Waals surface area contributed by atoms with Crippen molar-refractivity contribution in [3.63, 3.8) is 0 Å². The molecule has 0 saturated heterocycles. The van der Waals surface area contributed by atoms with E-state index in [0.717, 1.165) is 26.7 Å². The molecule has 13 heteroatoms. The molecule has 7 rings (SSSR count). The second kappa shape index (κ2) is 21.1. The van der Waals surface area contributed by atoms with Gasteiger partial charge in [0.05, 0.1) is 6.61 Å². The van der Waals surface area contributed by atoms with E-state index in [9.17, 15) is 10.3 Å². The van der Waals surface area contributed by atoms with Crippen molar-refractivity contribution in [1.82, 2.24) is 10.9 Å². The number of nitrogens with zero attached hydrogens (tertiary/aromatic N) is 4. The first-order valence-electron chi connectivity index (χ1n) is 19.9. The van der Waals surface area contributed by atoms with Crippen molar-refractivity contribution in [3.8, 4) is 17.2 Å². The van der Waals surface area contributed by atoms with Crippen LogP contribution in [0.2, 0.25) is 0 Å². The van der Waals surface area contributed by atoms with Crippen LogP contribution < -0.4 is 25.1 Å². The fraction of sp³-hybridized carbons (Fsp3) is 0.208. The van der Waals surface area contributed by atoms with Crippen LogP contribution in [-0.2, 0) is 35.6 Å². The number of hydrogen-bond donors (Lipinski definition) is 3. The minimum atomic E-state index is -1.55. The highest BCUT2D eigenvalue weighted by atomic mass is 79.9. The second-order valence-corrected chi connectivity index (χ2v) is 15.2. The van der Waals surface area contributed by atoms with E-state index >= 15 is 0 Å². The van der Waals surface area contributed by atoms with E-state index in [-0.39, 0.29) is 18.9 Å². The zero-order chi connectivity index (χ0) is 42.3. The van der Waals surface area contributed by atoms with Gasteiger partial charge in [-0.25, -0.2) is 10.4 Å². The summed E-state index contributed by atoms with van der Waals surface area (Å²) in [4.78, 5) is 23.0. The lowest BCUT2D eigenvalue weighted by molar-refractivity contribution is -0.130. The number of nitrogens with one attached hydrogen (secondary N) is 2. The van der Waals surface area contributed by atoms with Gasteiger partial charge in [0, 0.05) is 52.2 Å². The zero-order valence-corrected chi connectivity index (χ0v) is 34.9. The van der Waals surface area contributed by atoms with E-state index in [4.69, 9.17) is 29.0 Å². The Hall–Kier alpha value is -6.63. The summed E-state index contributed by atoms with van der Waals surface area (Å²) < 4.78 is 25.8. The summed E-state index contributed by atoms with van der Waals surface area (Å²) in [6.45, 7) is 1.54. The van der Waals surface area contributed by atoms with Gasteiger partial charge in [0.25, 0.3) is 5.91 Å². The lowest BCUT2D eigenvalue weighted by Crippen LogP contribution is -2.54. The molecule has 1 aliphatic heterocycles. The van der Waals surface area contributed by atoms with Crippen LogP contribution in [0.1, 0.15) is 45.9 Å². The first kappa shape index (κ1) is 42.5. The monoisotopic (exact) mass is 880 g/mol. The maximum absolute atomic E-state index is 14.8. The number of amides is 1. The average molecular weight is 882 g/mol. The van der Waals surface area contributed by atoms with E-state index < -0.39 is 17.6 Å². The van der Waals surface area contributed by atoms with Crippen molar-refractivity contribution in [2.75, 3.05) is 19.8 Å². The average Bonchev–Trinajstić information content (AvgIpc) is 3.68. The van der Waals surface area contributed by atoms with Crippen LogP contribution in [0.15, 0.2) is 166 Å². The van der Waals surface area contributed by atoms with Gasteiger partial charge in [-0.3, -0.25) is 10.2 Å². The lowest BCUT2D eigenvalue weighted by Gasteiger charge is -2.31. The standard InChI is InChI=1S/C48H45BrN6O6/c49-39-21-16-35(17-22-39)31-48(45(41-14-7-8-15-42(41)53-55-50)61-46(52-48)38-19-23-40(24-20-38)58-29-9-28-56)47(57)54-51-27-26-34-18-25-43(59-32-36-10-3-1-4-11-36)44(30-34)60-33-37-12-5-2-6-13-37/h1-8,10-25,30,45,51,56H,9,26-29,31-33H2,(H,54,57)/t45-,48-/m0/s1. The Balaban J connectivity index is 1.14. The highest BCUT2D eigenvalue weighted by Crippen LogP contribution is 2.45. The van der Waals surface area contributed by atoms with Gasteiger partial charge in [0.1, 0.15) is 19.0 Å². The molecule has 0 aromatic heterocycles. The van der Waals surface area contributed by atoms with Gasteiger partial charge in [0.15, 0.2) is 23.1 Å². The summed E-state index contributed by atoms with van der Waals surface area (Å²) in [6.07, 6.45) is 0.220. The predicted octanol–water partition coefficient (Wildman–Crippen LogP) is 9.67. The maximum Gasteiger partial charge on any atom is 0.266 e. The van der Waals surface area contributed by atoms with E-state index in [0.29, 0.717) is 73.3 Å². The molecule has 0 bridgehead atoms. The summed E-state index contributed by atoms with van der Waals surface area (Å²) in [5.41, 5.74) is 19.4. The lowest BCUT2D eigenvalue weighted by atomic mass is 9.81. The predicted molar refractivity (Wildman–Crippen MR) is 238 cm³/mol. The van der Waals surface area contributed by atoms with Gasteiger partial charge in [-0.15, -0.1) is 0 Å². The molecule has 310 valence electrons. The number of halogens is 1. The van der Waals surface area contributed by atoms with Crippen LogP contribution >= 0.6 is 15.9 Å². The van der Waals surface area contributed by atoms with Gasteiger partial charge in [0.2, 0.25) is 5.90 Å². The number of carbonyl (C=O) groups excluding carboxylic acids is 1. The van der Waals surface area contributed by atoms with Gasteiger partial charge >= 0.3 is 0 Å². The van der Waals surface area contributed by atoms with Crippen molar-refractivity contribution in [2.24, 2.45) is 10.1 Å². The Bertz CT molecular complexity index is 2450. The molecule has 0 fully saturated rings. The molecular weight excluding hydrogens is 836 g/mol. The van der Waals surface area contributed by atoms with E-state index in [1.165, 1.54) is 0 Å². The zero-order valence-electron chi connectivity index (χ0n) is 33.3. The molecule has 1 heterocycles. The van der Waals surface area contributed by atoms with Crippen LogP contribution in [0.3, 0.4) is 0 Å². The number of hydrazine groups is 1. The number of rotatable bonds is 20. The third-order valence-electron chi connectivity index (χ3n) is 10.0. The number of aliphatic imine (C=N–C) groups is 1. The Morgan fingerprint density at radius 3 is 2.13 bits per heavy atom. The summed E-state index contributed by atoms with van der Waals surface area (Å²) in [7, 11) is 0. The molecule has 6 aromatic carbocycles. The van der Waals surface area contributed by atoms with E-state index in [1.807, 2.05) is 121 Å². The Morgan fingerprint density at radius 2 is 1.44 bits per heavy atom. The smallest absolute Gasteiger partial charge is 0.266 e. The summed E-state index contributed by atoms with van der Waals surface area (Å²) in [6, 6.07) is 47.7. The number of benzene rings is 6. The maximum atomic E-state index is 14.8. The van der Waals surface area contributed by atoms with Crippen molar-refractivity contribution in [1.29, 1.82) is 0 Å². The molecular formula is C48H45BrN6O6. The number of ether oxygens (including phenoxy) is 4. The first-order chi connectivity index (χ1) is 29.9. The van der Waals surface area contributed by atoms with Crippen LogP contribution in [0, 0.1) is 0 Å². The van der Waals surface area contributed by atoms with Gasteiger partial charge < -0.3 is 24.1 Å². The molecule has 3 N–H and O–H groups in total. The molecule has 1 amide bonds. The number of hydrogen-bond acceptors (Lipinski definition) is 9. The Morgan fingerprint density at radius 1 is 0.787 bits per heavy atom. The second-order valence-electron chi connectivity index (χ2n) is 14.3. The van der Waals surface area contributed by atoms with Crippen molar-refractivity contribution in [2.45, 2.75) is 44.1 Å². The first-order valence-corrected chi connectivity index (χ1v) is 20.7. The summed E-state index contributed by atoms with van der Waals surface area (Å²) >= 11 is 3.52. The molecule has 0 spiro atoms. The number of aliphatic hydroxyl groups excluding tert-OH is 1. The molecule has 1 aliphatic rings. The topological polar surface area (TPSA) is 159 Å². The van der Waals surface area contributed by atoms with Crippen LogP contribution in [0.4, 0.5) is 5.69 Å². The summed E-state index contributed by atoms with van der Waals surface area (Å²) in [5, 5.41) is 13.1. The van der Waals surface area contributed by atoms with Crippen molar-refractivity contribution >= 4 is 33.4 Å². The number of aliphatic hydroxyl groups is 1. The number of carbonyl (C=O) groups is 1. The minimum Gasteiger partial charge on any atom is -0.494 e. The molecule has 0 unspecified atom stereocenters. The number of azide groups is 1. The Labute approximate surface area is 362 Å². The SMILES string of the molecule is [N-]=[N+]=Nc1ccccc1[C@@H]1OC(c2ccc(OCCCO)cc2)=N[C@]1(Cc1ccc(Br)cc1)C(=O)NNCCc1ccc(OCc2ccccc2)c(OCc2ccccc2)c1. The van der Waals surface area contributed by atoms with Crippen LogP contribution in [-0.4, -0.2) is 42.2 Å². The van der Waals surface area contributed by atoms with Gasteiger partial charge in [-0.2, -0.15) is 0 Å². The highest BCUT2D eigenvalue weighted by Gasteiger charge is 2.54. The molecule has 2 atom stereocenters. The molecule has 6 aromatic rings. The minimum absolute atomic E-state index is 0.0298.